The van der Waals surface area contributed by atoms with Crippen molar-refractivity contribution in [3.05, 3.63) is 17.5 Å². The molecule has 3 N–H and O–H groups in total. The molecule has 0 fully saturated rings. The third kappa shape index (κ3) is 2.79. The van der Waals surface area contributed by atoms with Gasteiger partial charge in [-0.2, -0.15) is 5.10 Å². The molecule has 0 radical (unpaired) electrons. The van der Waals surface area contributed by atoms with Gasteiger partial charge in [0.05, 0.1) is 5.69 Å². The van der Waals surface area contributed by atoms with Crippen LogP contribution < -0.4 is 11.1 Å². The highest BCUT2D eigenvalue weighted by molar-refractivity contribution is 5.92. The lowest BCUT2D eigenvalue weighted by molar-refractivity contribution is 0.0930. The van der Waals surface area contributed by atoms with Gasteiger partial charge in [-0.25, -0.2) is 0 Å². The van der Waals surface area contributed by atoms with E-state index >= 15 is 0 Å². The summed E-state index contributed by atoms with van der Waals surface area (Å²) in [4.78, 5) is 11.8. The van der Waals surface area contributed by atoms with E-state index in [9.17, 15) is 4.79 Å². The number of amides is 1. The third-order valence-electron chi connectivity index (χ3n) is 2.17. The maximum atomic E-state index is 11.8. The first-order valence-electron chi connectivity index (χ1n) is 5.13. The van der Waals surface area contributed by atoms with Gasteiger partial charge < -0.3 is 11.1 Å². The number of aromatic nitrogens is 2. The maximum absolute atomic E-state index is 11.8. The average Bonchev–Trinajstić information content (AvgIpc) is 2.59. The average molecular weight is 210 g/mol. The summed E-state index contributed by atoms with van der Waals surface area (Å²) in [6, 6.07) is 1.76. The van der Waals surface area contributed by atoms with Crippen molar-refractivity contribution in [1.29, 1.82) is 0 Å². The van der Waals surface area contributed by atoms with Gasteiger partial charge in [-0.15, -0.1) is 0 Å². The van der Waals surface area contributed by atoms with E-state index in [1.54, 1.807) is 10.7 Å². The van der Waals surface area contributed by atoms with Crippen molar-refractivity contribution in [3.8, 4) is 0 Å². The quantitative estimate of drug-likeness (QED) is 0.750. The summed E-state index contributed by atoms with van der Waals surface area (Å²) in [5.41, 5.74) is 6.88. The molecule has 1 aromatic rings. The monoisotopic (exact) mass is 210 g/mol. The molecule has 15 heavy (non-hydrogen) atoms. The van der Waals surface area contributed by atoms with E-state index in [1.165, 1.54) is 0 Å². The fourth-order valence-corrected chi connectivity index (χ4v) is 1.33. The van der Waals surface area contributed by atoms with Gasteiger partial charge in [0, 0.05) is 19.1 Å². The summed E-state index contributed by atoms with van der Waals surface area (Å²) in [6.07, 6.45) is 0. The van der Waals surface area contributed by atoms with Crippen molar-refractivity contribution in [2.75, 3.05) is 6.54 Å². The normalized spacial score (nSPS) is 12.5. The van der Waals surface area contributed by atoms with Gasteiger partial charge in [0.25, 0.3) is 5.91 Å². The molecule has 0 aromatic carbocycles. The minimum Gasteiger partial charge on any atom is -0.347 e. The lowest BCUT2D eigenvalue weighted by Gasteiger charge is -2.11. The Morgan fingerprint density at radius 3 is 2.93 bits per heavy atom. The van der Waals surface area contributed by atoms with Crippen LogP contribution in [0.15, 0.2) is 6.07 Å². The molecule has 1 aromatic heterocycles. The fraction of sp³-hybridized carbons (Fsp3) is 0.600. The highest BCUT2D eigenvalue weighted by atomic mass is 16.2. The van der Waals surface area contributed by atoms with Gasteiger partial charge in [0.1, 0.15) is 5.69 Å². The predicted molar refractivity (Wildman–Crippen MR) is 58.6 cm³/mol. The molecule has 0 aliphatic carbocycles. The molecule has 5 nitrogen and oxygen atoms in total. The number of nitrogens with one attached hydrogen (secondary N) is 1. The Hall–Kier alpha value is -1.36. The number of rotatable bonds is 4. The maximum Gasteiger partial charge on any atom is 0.269 e. The SMILES string of the molecule is CCn1nc(C)cc1C(=O)N[C@H](C)CN. The number of nitrogens with two attached hydrogens (primary N) is 1. The molecule has 84 valence electrons. The van der Waals surface area contributed by atoms with Gasteiger partial charge in [-0.1, -0.05) is 0 Å². The molecular weight excluding hydrogens is 192 g/mol. The Morgan fingerprint density at radius 2 is 2.40 bits per heavy atom. The van der Waals surface area contributed by atoms with E-state index in [-0.39, 0.29) is 11.9 Å². The van der Waals surface area contributed by atoms with Crippen LogP contribution in [0.2, 0.25) is 0 Å². The Balaban J connectivity index is 2.81. The topological polar surface area (TPSA) is 72.9 Å². The second kappa shape index (κ2) is 4.93. The first kappa shape index (κ1) is 11.7. The zero-order valence-corrected chi connectivity index (χ0v) is 9.45. The van der Waals surface area contributed by atoms with Crippen LogP contribution in [0.4, 0.5) is 0 Å². The van der Waals surface area contributed by atoms with Crippen LogP contribution in [-0.2, 0) is 6.54 Å². The van der Waals surface area contributed by atoms with E-state index in [0.717, 1.165) is 5.69 Å². The molecule has 1 heterocycles. The van der Waals surface area contributed by atoms with Crippen molar-refractivity contribution < 1.29 is 4.79 Å². The summed E-state index contributed by atoms with van der Waals surface area (Å²) < 4.78 is 1.69. The van der Waals surface area contributed by atoms with E-state index < -0.39 is 0 Å². The first-order chi connectivity index (χ1) is 7.08. The molecule has 0 spiro atoms. The Bertz CT molecular complexity index is 345. The van der Waals surface area contributed by atoms with Crippen molar-refractivity contribution in [1.82, 2.24) is 15.1 Å². The van der Waals surface area contributed by atoms with Crippen LogP contribution in [0.5, 0.6) is 0 Å². The Kier molecular flexibility index (Phi) is 3.85. The molecule has 0 unspecified atom stereocenters. The van der Waals surface area contributed by atoms with Crippen LogP contribution in [0.3, 0.4) is 0 Å². The summed E-state index contributed by atoms with van der Waals surface area (Å²) in [7, 11) is 0. The number of aryl methyl sites for hydroxylation is 2. The molecule has 0 saturated carbocycles. The zero-order chi connectivity index (χ0) is 11.4. The molecule has 5 heteroatoms. The van der Waals surface area contributed by atoms with Gasteiger partial charge in [0.2, 0.25) is 0 Å². The molecule has 1 atom stereocenters. The lowest BCUT2D eigenvalue weighted by atomic mass is 10.3. The number of carbonyl (C=O) groups excluding carboxylic acids is 1. The Labute approximate surface area is 89.6 Å². The minimum absolute atomic E-state index is 0.0157. The third-order valence-corrected chi connectivity index (χ3v) is 2.17. The number of hydrogen-bond donors (Lipinski definition) is 2. The molecule has 0 bridgehead atoms. The summed E-state index contributed by atoms with van der Waals surface area (Å²) in [5, 5.41) is 7.02. The second-order valence-corrected chi connectivity index (χ2v) is 3.60. The smallest absolute Gasteiger partial charge is 0.269 e. The fourth-order valence-electron chi connectivity index (χ4n) is 1.33. The Morgan fingerprint density at radius 1 is 1.73 bits per heavy atom. The largest absolute Gasteiger partial charge is 0.347 e. The molecule has 0 saturated heterocycles. The summed E-state index contributed by atoms with van der Waals surface area (Å²) in [6.45, 7) is 6.82. The first-order valence-corrected chi connectivity index (χ1v) is 5.13. The standard InChI is InChI=1S/C10H18N4O/c1-4-14-9(5-7(2)13-14)10(15)12-8(3)6-11/h5,8H,4,6,11H2,1-3H3,(H,12,15)/t8-/m1/s1. The number of carbonyl (C=O) groups is 1. The minimum atomic E-state index is -0.115. The van der Waals surface area contributed by atoms with Crippen molar-refractivity contribution in [2.45, 2.75) is 33.4 Å². The number of nitrogens with zero attached hydrogens (tertiary/aromatic N) is 2. The lowest BCUT2D eigenvalue weighted by Crippen LogP contribution is -2.38. The van der Waals surface area contributed by atoms with E-state index in [4.69, 9.17) is 5.73 Å². The van der Waals surface area contributed by atoms with Crippen LogP contribution in [0, 0.1) is 6.92 Å². The van der Waals surface area contributed by atoms with Crippen molar-refractivity contribution in [3.63, 3.8) is 0 Å². The van der Waals surface area contributed by atoms with Crippen LogP contribution >= 0.6 is 0 Å². The molecule has 0 aliphatic rings. The summed E-state index contributed by atoms with van der Waals surface area (Å²) in [5.74, 6) is -0.115. The van der Waals surface area contributed by atoms with Gasteiger partial charge in [-0.05, 0) is 26.8 Å². The summed E-state index contributed by atoms with van der Waals surface area (Å²) >= 11 is 0. The van der Waals surface area contributed by atoms with E-state index in [2.05, 4.69) is 10.4 Å². The van der Waals surface area contributed by atoms with Crippen LogP contribution in [0.1, 0.15) is 30.0 Å². The molecular formula is C10H18N4O. The molecule has 1 amide bonds. The van der Waals surface area contributed by atoms with E-state index in [1.807, 2.05) is 20.8 Å². The van der Waals surface area contributed by atoms with Crippen LogP contribution in [0.25, 0.3) is 0 Å². The van der Waals surface area contributed by atoms with Crippen molar-refractivity contribution in [2.24, 2.45) is 5.73 Å². The van der Waals surface area contributed by atoms with Gasteiger partial charge in [0.15, 0.2) is 0 Å². The molecule has 1 rings (SSSR count). The number of hydrogen-bond acceptors (Lipinski definition) is 3. The van der Waals surface area contributed by atoms with Crippen molar-refractivity contribution >= 4 is 5.91 Å². The predicted octanol–water partition coefficient (Wildman–Crippen LogP) is 0.288. The van der Waals surface area contributed by atoms with E-state index in [0.29, 0.717) is 18.8 Å². The zero-order valence-electron chi connectivity index (χ0n) is 9.45. The van der Waals surface area contributed by atoms with Gasteiger partial charge >= 0.3 is 0 Å². The molecule has 0 aliphatic heterocycles. The second-order valence-electron chi connectivity index (χ2n) is 3.60. The van der Waals surface area contributed by atoms with Crippen LogP contribution in [-0.4, -0.2) is 28.3 Å². The highest BCUT2D eigenvalue weighted by Gasteiger charge is 2.14. The van der Waals surface area contributed by atoms with Gasteiger partial charge in [-0.3, -0.25) is 9.48 Å². The highest BCUT2D eigenvalue weighted by Crippen LogP contribution is 2.03.